The van der Waals surface area contributed by atoms with Gasteiger partial charge in [0.15, 0.2) is 0 Å². The Morgan fingerprint density at radius 3 is 2.67 bits per heavy atom. The molecule has 0 saturated carbocycles. The molecule has 1 amide bonds. The number of anilines is 1. The number of nitro groups is 1. The van der Waals surface area contributed by atoms with Crippen LogP contribution in [0.3, 0.4) is 0 Å². The SMILES string of the molecule is O=C(NS(=O)(=O)c1cccc([N+](=O)[O-])c1)c1ccc(N2CCN(C3CCCc4cccc(-c5ccsc5)c43)CC2)cc1Oc1cnc2[nH]ccc2c1. The van der Waals surface area contributed by atoms with Crippen molar-refractivity contribution in [3.05, 3.63) is 129 Å². The predicted octanol–water partition coefficient (Wildman–Crippen LogP) is 7.31. The number of ether oxygens (including phenoxy) is 1. The summed E-state index contributed by atoms with van der Waals surface area (Å²) < 4.78 is 34.7. The Bertz CT molecular complexity index is 2400. The Morgan fingerprint density at radius 2 is 1.87 bits per heavy atom. The number of hydrogen-bond donors (Lipinski definition) is 2. The van der Waals surface area contributed by atoms with E-state index in [0.717, 1.165) is 62.6 Å². The summed E-state index contributed by atoms with van der Waals surface area (Å²) in [6, 6.07) is 22.4. The summed E-state index contributed by atoms with van der Waals surface area (Å²) in [6.45, 7) is 3.18. The van der Waals surface area contributed by atoms with Crippen molar-refractivity contribution in [2.45, 2.75) is 30.2 Å². The number of carbonyl (C=O) groups is 1. The van der Waals surface area contributed by atoms with Gasteiger partial charge in [-0.15, -0.1) is 0 Å². The topological polar surface area (TPSA) is 151 Å². The minimum Gasteiger partial charge on any atom is -0.455 e. The number of nitrogens with one attached hydrogen (secondary N) is 2. The van der Waals surface area contributed by atoms with E-state index in [4.69, 9.17) is 4.74 Å². The minimum atomic E-state index is -4.45. The quantitative estimate of drug-likeness (QED) is 0.115. The van der Waals surface area contributed by atoms with E-state index in [1.54, 1.807) is 41.8 Å². The zero-order chi connectivity index (χ0) is 35.8. The molecule has 1 aliphatic heterocycles. The number of rotatable bonds is 9. The first-order valence-corrected chi connectivity index (χ1v) is 19.4. The van der Waals surface area contributed by atoms with Gasteiger partial charge in [0.2, 0.25) is 0 Å². The lowest BCUT2D eigenvalue weighted by molar-refractivity contribution is -0.385. The average molecular weight is 735 g/mol. The molecule has 4 heterocycles. The Kier molecular flexibility index (Phi) is 8.95. The smallest absolute Gasteiger partial charge is 0.270 e. The van der Waals surface area contributed by atoms with Gasteiger partial charge in [0.1, 0.15) is 17.1 Å². The molecule has 264 valence electrons. The highest BCUT2D eigenvalue weighted by molar-refractivity contribution is 7.90. The van der Waals surface area contributed by atoms with Crippen LogP contribution in [0.2, 0.25) is 0 Å². The molecular weight excluding hydrogens is 701 g/mol. The van der Waals surface area contributed by atoms with Crippen LogP contribution in [0.1, 0.15) is 40.4 Å². The van der Waals surface area contributed by atoms with Gasteiger partial charge in [-0.05, 0) is 88.7 Å². The number of nitro benzene ring substituents is 1. The lowest BCUT2D eigenvalue weighted by Gasteiger charge is -2.43. The number of pyridine rings is 1. The molecule has 14 heteroatoms. The largest absolute Gasteiger partial charge is 0.455 e. The lowest BCUT2D eigenvalue weighted by Crippen LogP contribution is -2.48. The van der Waals surface area contributed by atoms with Gasteiger partial charge in [0, 0.05) is 67.7 Å². The number of amides is 1. The molecule has 2 N–H and O–H groups in total. The first-order chi connectivity index (χ1) is 25.2. The first-order valence-electron chi connectivity index (χ1n) is 16.9. The van der Waals surface area contributed by atoms with Crippen LogP contribution in [0.4, 0.5) is 11.4 Å². The average Bonchev–Trinajstić information content (AvgIpc) is 3.87. The van der Waals surface area contributed by atoms with Crippen LogP contribution in [-0.2, 0) is 16.4 Å². The van der Waals surface area contributed by atoms with E-state index in [1.165, 1.54) is 46.6 Å². The first kappa shape index (κ1) is 33.6. The highest BCUT2D eigenvalue weighted by Crippen LogP contribution is 2.42. The van der Waals surface area contributed by atoms with Crippen molar-refractivity contribution < 1.29 is 22.9 Å². The Morgan fingerprint density at radius 1 is 1.02 bits per heavy atom. The molecule has 1 saturated heterocycles. The second-order valence-corrected chi connectivity index (χ2v) is 15.3. The third-order valence-electron chi connectivity index (χ3n) is 9.78. The Labute approximate surface area is 303 Å². The monoisotopic (exact) mass is 734 g/mol. The second kappa shape index (κ2) is 13.9. The van der Waals surface area contributed by atoms with Gasteiger partial charge in [0.25, 0.3) is 21.6 Å². The second-order valence-electron chi connectivity index (χ2n) is 12.9. The number of carbonyl (C=O) groups excluding carboxylic acids is 1. The number of fused-ring (bicyclic) bond motifs is 2. The van der Waals surface area contributed by atoms with Gasteiger partial charge in [-0.3, -0.25) is 19.8 Å². The van der Waals surface area contributed by atoms with E-state index >= 15 is 0 Å². The van der Waals surface area contributed by atoms with Gasteiger partial charge >= 0.3 is 0 Å². The van der Waals surface area contributed by atoms with Crippen LogP contribution in [0.15, 0.2) is 107 Å². The number of nitrogens with zero attached hydrogens (tertiary/aromatic N) is 4. The van der Waals surface area contributed by atoms with Crippen molar-refractivity contribution in [1.82, 2.24) is 19.6 Å². The third-order valence-corrected chi connectivity index (χ3v) is 11.8. The summed E-state index contributed by atoms with van der Waals surface area (Å²) in [5.41, 5.74) is 6.53. The van der Waals surface area contributed by atoms with E-state index in [0.29, 0.717) is 17.4 Å². The molecule has 8 rings (SSSR count). The van der Waals surface area contributed by atoms with Crippen molar-refractivity contribution in [2.75, 3.05) is 31.1 Å². The normalized spacial score (nSPS) is 16.4. The van der Waals surface area contributed by atoms with Crippen molar-refractivity contribution >= 4 is 49.7 Å². The summed E-state index contributed by atoms with van der Waals surface area (Å²) >= 11 is 1.72. The van der Waals surface area contributed by atoms with Gasteiger partial charge < -0.3 is 14.6 Å². The summed E-state index contributed by atoms with van der Waals surface area (Å²) in [6.07, 6.45) is 6.63. The van der Waals surface area contributed by atoms with Crippen LogP contribution >= 0.6 is 11.3 Å². The molecule has 52 heavy (non-hydrogen) atoms. The maximum Gasteiger partial charge on any atom is 0.270 e. The number of H-pyrrole nitrogens is 1. The molecule has 1 aliphatic carbocycles. The number of aromatic nitrogens is 2. The zero-order valence-corrected chi connectivity index (χ0v) is 29.5. The number of aromatic amines is 1. The molecule has 0 spiro atoms. The summed E-state index contributed by atoms with van der Waals surface area (Å²) in [7, 11) is -4.45. The molecule has 1 atom stereocenters. The van der Waals surface area contributed by atoms with Gasteiger partial charge in [-0.1, -0.05) is 24.3 Å². The highest BCUT2D eigenvalue weighted by Gasteiger charge is 2.32. The van der Waals surface area contributed by atoms with Gasteiger partial charge in [-0.2, -0.15) is 11.3 Å². The van der Waals surface area contributed by atoms with Crippen molar-refractivity contribution in [1.29, 1.82) is 0 Å². The van der Waals surface area contributed by atoms with Crippen LogP contribution < -0.4 is 14.4 Å². The Balaban J connectivity index is 1.06. The fourth-order valence-electron chi connectivity index (χ4n) is 7.26. The van der Waals surface area contributed by atoms with E-state index < -0.39 is 31.4 Å². The fraction of sp³-hybridized carbons (Fsp3) is 0.211. The van der Waals surface area contributed by atoms with E-state index in [2.05, 4.69) is 59.5 Å². The summed E-state index contributed by atoms with van der Waals surface area (Å²) in [5.74, 6) is -0.432. The minimum absolute atomic E-state index is 0.0228. The van der Waals surface area contributed by atoms with E-state index in [-0.39, 0.29) is 11.3 Å². The Hall–Kier alpha value is -5.57. The number of hydrogen-bond acceptors (Lipinski definition) is 10. The predicted molar refractivity (Wildman–Crippen MR) is 200 cm³/mol. The molecule has 6 aromatic rings. The number of sulfonamides is 1. The van der Waals surface area contributed by atoms with Crippen LogP contribution in [0, 0.1) is 10.1 Å². The maximum absolute atomic E-state index is 13.6. The molecule has 3 aromatic carbocycles. The molecule has 1 unspecified atom stereocenters. The zero-order valence-electron chi connectivity index (χ0n) is 27.9. The van der Waals surface area contributed by atoms with Gasteiger partial charge in [0.05, 0.1) is 21.6 Å². The lowest BCUT2D eigenvalue weighted by atomic mass is 9.82. The van der Waals surface area contributed by atoms with Crippen molar-refractivity contribution in [3.63, 3.8) is 0 Å². The number of aryl methyl sites for hydroxylation is 1. The molecule has 0 radical (unpaired) electrons. The third kappa shape index (κ3) is 6.63. The molecule has 1 fully saturated rings. The van der Waals surface area contributed by atoms with Crippen molar-refractivity contribution in [2.24, 2.45) is 0 Å². The number of thiophene rings is 1. The van der Waals surface area contributed by atoms with Crippen LogP contribution in [-0.4, -0.2) is 60.3 Å². The molecular formula is C38H34N6O6S2. The fourth-order valence-corrected chi connectivity index (χ4v) is 8.92. The van der Waals surface area contributed by atoms with Gasteiger partial charge in [-0.25, -0.2) is 18.1 Å². The number of non-ortho nitro benzene ring substituents is 1. The van der Waals surface area contributed by atoms with Crippen molar-refractivity contribution in [3.8, 4) is 22.6 Å². The van der Waals surface area contributed by atoms with E-state index in [9.17, 15) is 23.3 Å². The van der Waals surface area contributed by atoms with E-state index in [1.807, 2.05) is 6.07 Å². The standard InChI is InChI=1S/C38H34N6O6S2/c45-38(41-52(48,49)31-7-3-6-29(21-31)44(46)47)33-11-10-28(22-35(33)50-30-20-26-12-14-39-37(26)40-23-30)42-15-17-43(18-16-42)34-9-2-5-25-4-1-8-32(36(25)34)27-13-19-51-24-27/h1,3-4,6-8,10-14,19-24,34H,2,5,9,15-18H2,(H,39,40)(H,41,45). The maximum atomic E-state index is 13.6. The molecule has 3 aromatic heterocycles. The molecule has 2 aliphatic rings. The summed E-state index contributed by atoms with van der Waals surface area (Å²) in [4.78, 5) is 36.0. The van der Waals surface area contributed by atoms with Crippen LogP contribution in [0.5, 0.6) is 11.5 Å². The number of benzene rings is 3. The summed E-state index contributed by atoms with van der Waals surface area (Å²) in [5, 5.41) is 16.4. The number of piperazine rings is 1. The van der Waals surface area contributed by atoms with Crippen LogP contribution in [0.25, 0.3) is 22.2 Å². The molecule has 12 nitrogen and oxygen atoms in total. The highest BCUT2D eigenvalue weighted by atomic mass is 32.2. The molecule has 0 bridgehead atoms.